The van der Waals surface area contributed by atoms with Gasteiger partial charge in [0, 0.05) is 26.3 Å². The number of nitrogens with one attached hydrogen (secondary N) is 1. The Labute approximate surface area is 171 Å². The van der Waals surface area contributed by atoms with Crippen molar-refractivity contribution in [3.63, 3.8) is 0 Å². The Bertz CT molecular complexity index is 893. The number of fused-ring (bicyclic) bond motifs is 1. The topological polar surface area (TPSA) is 100 Å². The Kier molecular flexibility index (Phi) is 5.23. The van der Waals surface area contributed by atoms with Gasteiger partial charge in [0.15, 0.2) is 11.6 Å². The highest BCUT2D eigenvalue weighted by Crippen LogP contribution is 2.34. The van der Waals surface area contributed by atoms with Gasteiger partial charge in [-0.15, -0.1) is 0 Å². The minimum absolute atomic E-state index is 0. The van der Waals surface area contributed by atoms with Crippen molar-refractivity contribution >= 4 is 17.5 Å². The molecule has 0 bridgehead atoms. The van der Waals surface area contributed by atoms with Gasteiger partial charge in [-0.2, -0.15) is 0 Å². The van der Waals surface area contributed by atoms with Crippen molar-refractivity contribution in [3.8, 4) is 11.3 Å². The minimum atomic E-state index is -1.01. The number of aromatic nitrogens is 3. The van der Waals surface area contributed by atoms with Crippen LogP contribution in [-0.2, 0) is 15.1 Å². The maximum Gasteiger partial charge on any atom is 0.247 e. The number of ether oxygens (including phenoxy) is 1. The van der Waals surface area contributed by atoms with Crippen LogP contribution in [0.3, 0.4) is 0 Å². The molecule has 29 heavy (non-hydrogen) atoms. The number of hydrogen-bond acceptors (Lipinski definition) is 7. The van der Waals surface area contributed by atoms with Gasteiger partial charge in [0.1, 0.15) is 5.60 Å². The van der Waals surface area contributed by atoms with E-state index in [0.29, 0.717) is 23.0 Å². The molecule has 2 aromatic heterocycles. The van der Waals surface area contributed by atoms with Crippen molar-refractivity contribution in [3.05, 3.63) is 30.2 Å². The number of aliphatic hydroxyl groups is 1. The molecule has 0 aromatic carbocycles. The number of pyridine rings is 1. The summed E-state index contributed by atoms with van der Waals surface area (Å²) in [5.74, 6) is 1.22. The van der Waals surface area contributed by atoms with Gasteiger partial charge in [0.05, 0.1) is 30.2 Å². The maximum atomic E-state index is 12.7. The molecule has 0 saturated heterocycles. The first-order chi connectivity index (χ1) is 13.9. The van der Waals surface area contributed by atoms with Crippen LogP contribution in [0.15, 0.2) is 24.5 Å². The third-order valence-corrected chi connectivity index (χ3v) is 5.69. The van der Waals surface area contributed by atoms with Crippen LogP contribution in [-0.4, -0.2) is 51.8 Å². The molecule has 1 aliphatic heterocycles. The lowest BCUT2D eigenvalue weighted by atomic mass is 9.91. The van der Waals surface area contributed by atoms with E-state index in [1.54, 1.807) is 39.4 Å². The predicted molar refractivity (Wildman–Crippen MR) is 112 cm³/mol. The first-order valence-corrected chi connectivity index (χ1v) is 10.0. The molecule has 8 nitrogen and oxygen atoms in total. The molecule has 2 N–H and O–H groups in total. The van der Waals surface area contributed by atoms with Crippen molar-refractivity contribution in [2.24, 2.45) is 0 Å². The highest BCUT2D eigenvalue weighted by Gasteiger charge is 2.35. The molecular weight excluding hydrogens is 370 g/mol. The highest BCUT2D eigenvalue weighted by atomic mass is 16.5. The van der Waals surface area contributed by atoms with Crippen molar-refractivity contribution in [2.45, 2.75) is 57.3 Å². The molecule has 1 saturated carbocycles. The van der Waals surface area contributed by atoms with E-state index in [1.807, 2.05) is 11.0 Å². The Hall–Kier alpha value is -2.58. The molecule has 1 fully saturated rings. The molecule has 4 rings (SSSR count). The van der Waals surface area contributed by atoms with Gasteiger partial charge in [0.25, 0.3) is 0 Å². The van der Waals surface area contributed by atoms with E-state index >= 15 is 0 Å². The second-order valence-electron chi connectivity index (χ2n) is 8.20. The third kappa shape index (κ3) is 3.95. The van der Waals surface area contributed by atoms with Gasteiger partial charge in [-0.3, -0.25) is 14.7 Å². The fraction of sp³-hybridized carbons (Fsp3) is 0.524. The van der Waals surface area contributed by atoms with E-state index in [-0.39, 0.29) is 26.0 Å². The van der Waals surface area contributed by atoms with E-state index in [2.05, 4.69) is 15.3 Å². The van der Waals surface area contributed by atoms with E-state index < -0.39 is 5.60 Å². The Morgan fingerprint density at radius 1 is 1.21 bits per heavy atom. The Morgan fingerprint density at radius 3 is 2.59 bits per heavy atom. The summed E-state index contributed by atoms with van der Waals surface area (Å²) >= 11 is 0. The predicted octanol–water partition coefficient (Wildman–Crippen LogP) is 2.73. The standard InChI is InChI=1S/C21H27N5O3.H2/c1-21(2,28)17-9-4-13(10-22-17)16-11-23-19-20(25-16)26(18(27)12-24-19)14-5-7-15(29-3)8-6-14;/h4,9-11,14-15,28H,5-8,12H2,1-3H3,(H,23,24);1H. The quantitative estimate of drug-likeness (QED) is 0.815. The van der Waals surface area contributed by atoms with Gasteiger partial charge in [-0.25, -0.2) is 9.97 Å². The van der Waals surface area contributed by atoms with Crippen molar-refractivity contribution in [1.82, 2.24) is 15.0 Å². The molecule has 156 valence electrons. The number of anilines is 2. The molecule has 2 aromatic rings. The van der Waals surface area contributed by atoms with E-state index in [1.165, 1.54) is 0 Å². The number of hydrogen-bond donors (Lipinski definition) is 2. The van der Waals surface area contributed by atoms with Gasteiger partial charge >= 0.3 is 0 Å². The first-order valence-electron chi connectivity index (χ1n) is 10.0. The van der Waals surface area contributed by atoms with Crippen LogP contribution in [0.1, 0.15) is 46.7 Å². The zero-order valence-electron chi connectivity index (χ0n) is 17.1. The molecule has 2 aliphatic rings. The molecule has 1 amide bonds. The number of nitrogens with zero attached hydrogens (tertiary/aromatic N) is 4. The van der Waals surface area contributed by atoms with Gasteiger partial charge in [-0.05, 0) is 51.7 Å². The largest absolute Gasteiger partial charge is 0.384 e. The lowest BCUT2D eigenvalue weighted by Crippen LogP contribution is -2.49. The SMILES string of the molecule is COC1CCC(N2C(=O)CNc3ncc(-c4ccc(C(C)(C)O)nc4)nc32)CC1.[HH]. The Balaban J connectivity index is 0.00000256. The third-order valence-electron chi connectivity index (χ3n) is 5.69. The van der Waals surface area contributed by atoms with Crippen LogP contribution < -0.4 is 10.2 Å². The smallest absolute Gasteiger partial charge is 0.247 e. The summed E-state index contributed by atoms with van der Waals surface area (Å²) in [6.45, 7) is 3.62. The zero-order valence-corrected chi connectivity index (χ0v) is 17.1. The fourth-order valence-corrected chi connectivity index (χ4v) is 4.00. The van der Waals surface area contributed by atoms with Crippen molar-refractivity contribution in [1.29, 1.82) is 0 Å². The van der Waals surface area contributed by atoms with E-state index in [0.717, 1.165) is 31.2 Å². The number of methoxy groups -OCH3 is 1. The van der Waals surface area contributed by atoms with Gasteiger partial charge < -0.3 is 15.2 Å². The van der Waals surface area contributed by atoms with E-state index in [4.69, 9.17) is 9.72 Å². The summed E-state index contributed by atoms with van der Waals surface area (Å²) in [6.07, 6.45) is 7.26. The summed E-state index contributed by atoms with van der Waals surface area (Å²) in [5, 5.41) is 13.2. The average Bonchev–Trinajstić information content (AvgIpc) is 2.73. The normalized spacial score (nSPS) is 22.2. The molecular formula is C21H29N5O3. The molecule has 8 heteroatoms. The molecule has 0 unspecified atom stereocenters. The van der Waals surface area contributed by atoms with E-state index in [9.17, 15) is 9.90 Å². The summed E-state index contributed by atoms with van der Waals surface area (Å²) in [6, 6.07) is 3.75. The number of amides is 1. The van der Waals surface area contributed by atoms with Gasteiger partial charge in [0.2, 0.25) is 5.91 Å². The fourth-order valence-electron chi connectivity index (χ4n) is 4.00. The molecule has 0 atom stereocenters. The van der Waals surface area contributed by atoms with Crippen molar-refractivity contribution in [2.75, 3.05) is 23.9 Å². The molecule has 0 radical (unpaired) electrons. The summed E-state index contributed by atoms with van der Waals surface area (Å²) in [4.78, 5) is 28.2. The number of rotatable bonds is 4. The van der Waals surface area contributed by atoms with Crippen LogP contribution >= 0.6 is 0 Å². The van der Waals surface area contributed by atoms with Crippen LogP contribution in [0, 0.1) is 0 Å². The summed E-state index contributed by atoms with van der Waals surface area (Å²) in [7, 11) is 1.74. The van der Waals surface area contributed by atoms with Gasteiger partial charge in [-0.1, -0.05) is 0 Å². The lowest BCUT2D eigenvalue weighted by Gasteiger charge is -2.38. The lowest BCUT2D eigenvalue weighted by molar-refractivity contribution is -0.118. The highest BCUT2D eigenvalue weighted by molar-refractivity contribution is 6.01. The van der Waals surface area contributed by atoms with Crippen LogP contribution in [0.4, 0.5) is 11.6 Å². The monoisotopic (exact) mass is 399 g/mol. The first kappa shape index (κ1) is 19.7. The maximum absolute atomic E-state index is 12.7. The second-order valence-corrected chi connectivity index (χ2v) is 8.20. The van der Waals surface area contributed by atoms with Crippen LogP contribution in [0.25, 0.3) is 11.3 Å². The average molecular weight is 399 g/mol. The molecule has 1 aliphatic carbocycles. The molecule has 3 heterocycles. The number of carbonyl (C=O) groups is 1. The number of carbonyl (C=O) groups excluding carboxylic acids is 1. The van der Waals surface area contributed by atoms with Crippen LogP contribution in [0.5, 0.6) is 0 Å². The minimum Gasteiger partial charge on any atom is -0.384 e. The zero-order chi connectivity index (χ0) is 20.6. The molecule has 0 spiro atoms. The summed E-state index contributed by atoms with van der Waals surface area (Å²) < 4.78 is 5.47. The summed E-state index contributed by atoms with van der Waals surface area (Å²) in [5.41, 5.74) is 1.01. The Morgan fingerprint density at radius 2 is 1.97 bits per heavy atom. The van der Waals surface area contributed by atoms with Crippen LogP contribution in [0.2, 0.25) is 0 Å². The second kappa shape index (κ2) is 7.68. The van der Waals surface area contributed by atoms with Crippen molar-refractivity contribution < 1.29 is 16.1 Å².